The van der Waals surface area contributed by atoms with E-state index in [1.54, 1.807) is 0 Å². The van der Waals surface area contributed by atoms with Crippen molar-refractivity contribution >= 4 is 0 Å². The van der Waals surface area contributed by atoms with Gasteiger partial charge in [0, 0.05) is 5.92 Å². The third-order valence-corrected chi connectivity index (χ3v) is 6.81. The molecule has 2 fully saturated rings. The van der Waals surface area contributed by atoms with Crippen LogP contribution in [-0.4, -0.2) is 17.8 Å². The van der Waals surface area contributed by atoms with Crippen molar-refractivity contribution in [3.05, 3.63) is 28.8 Å². The van der Waals surface area contributed by atoms with Gasteiger partial charge >= 0.3 is 0 Å². The largest absolute Gasteiger partial charge is 0.508 e. The van der Waals surface area contributed by atoms with Gasteiger partial charge in [0.1, 0.15) is 5.75 Å². The summed E-state index contributed by atoms with van der Waals surface area (Å²) in [5.74, 6) is 1.45. The Hall–Kier alpha value is -1.02. The molecule has 1 N–H and O–H groups in total. The van der Waals surface area contributed by atoms with Gasteiger partial charge in [-0.25, -0.2) is 0 Å². The Morgan fingerprint density at radius 3 is 2.73 bits per heavy atom. The lowest BCUT2D eigenvalue weighted by Gasteiger charge is -2.53. The van der Waals surface area contributed by atoms with Crippen molar-refractivity contribution in [3.8, 4) is 5.75 Å². The molecule has 22 heavy (non-hydrogen) atoms. The molecule has 1 aromatic carbocycles. The predicted molar refractivity (Wildman–Crippen MR) is 88.4 cm³/mol. The number of phenolic OH excluding ortho intramolecular Hbond substituents is 1. The fraction of sp³-hybridized carbons (Fsp3) is 0.700. The van der Waals surface area contributed by atoms with Crippen LogP contribution in [0, 0.1) is 11.3 Å². The standard InChI is InChI=1S/C20H28O2/c1-12(2)17-13-10-16-18-19(3,11-22-16)8-5-9-20(18,4)14(13)6-7-15(17)21/h6-7,12,16,18,21H,5,8-11H2,1-4H3/t16-,18-,19-,20+/m0/s1. The van der Waals surface area contributed by atoms with Gasteiger partial charge in [-0.3, -0.25) is 0 Å². The van der Waals surface area contributed by atoms with Crippen LogP contribution < -0.4 is 0 Å². The molecule has 1 saturated carbocycles. The number of hydrogen-bond donors (Lipinski definition) is 1. The van der Waals surface area contributed by atoms with Crippen molar-refractivity contribution in [2.75, 3.05) is 6.61 Å². The molecule has 1 aliphatic heterocycles. The van der Waals surface area contributed by atoms with Gasteiger partial charge in [-0.1, -0.05) is 40.2 Å². The van der Waals surface area contributed by atoms with Crippen LogP contribution >= 0.6 is 0 Å². The van der Waals surface area contributed by atoms with Crippen LogP contribution in [0.1, 0.15) is 69.6 Å². The minimum atomic E-state index is 0.207. The highest BCUT2D eigenvalue weighted by Gasteiger charge is 2.59. The van der Waals surface area contributed by atoms with E-state index in [9.17, 15) is 5.11 Å². The number of hydrogen-bond acceptors (Lipinski definition) is 2. The summed E-state index contributed by atoms with van der Waals surface area (Å²) in [6.07, 6.45) is 5.16. The van der Waals surface area contributed by atoms with Gasteiger partial charge in [0.25, 0.3) is 0 Å². The average molecular weight is 300 g/mol. The Kier molecular flexibility index (Phi) is 2.98. The molecule has 0 aromatic heterocycles. The maximum atomic E-state index is 10.4. The highest BCUT2D eigenvalue weighted by atomic mass is 16.5. The first kappa shape index (κ1) is 14.6. The number of rotatable bonds is 1. The Morgan fingerprint density at radius 1 is 1.23 bits per heavy atom. The van der Waals surface area contributed by atoms with E-state index in [0.717, 1.165) is 18.6 Å². The Labute approximate surface area is 133 Å². The quantitative estimate of drug-likeness (QED) is 0.825. The number of ether oxygens (including phenoxy) is 1. The van der Waals surface area contributed by atoms with Crippen molar-refractivity contribution < 1.29 is 9.84 Å². The van der Waals surface area contributed by atoms with Crippen LogP contribution in [0.25, 0.3) is 0 Å². The molecule has 4 rings (SSSR count). The molecule has 1 heterocycles. The van der Waals surface area contributed by atoms with Crippen LogP contribution in [0.15, 0.2) is 12.1 Å². The Balaban J connectivity index is 1.94. The highest BCUT2D eigenvalue weighted by molar-refractivity contribution is 5.52. The molecular weight excluding hydrogens is 272 g/mol. The molecule has 0 bridgehead atoms. The maximum Gasteiger partial charge on any atom is 0.119 e. The van der Waals surface area contributed by atoms with E-state index in [-0.39, 0.29) is 5.41 Å². The molecule has 2 aliphatic carbocycles. The first-order chi connectivity index (χ1) is 10.4. The van der Waals surface area contributed by atoms with Gasteiger partial charge in [-0.15, -0.1) is 0 Å². The lowest BCUT2D eigenvalue weighted by Crippen LogP contribution is -2.52. The molecule has 0 radical (unpaired) electrons. The second-order valence-electron chi connectivity index (χ2n) is 8.64. The van der Waals surface area contributed by atoms with Crippen LogP contribution in [0.5, 0.6) is 5.75 Å². The second kappa shape index (κ2) is 4.50. The molecular formula is C20H28O2. The van der Waals surface area contributed by atoms with Crippen molar-refractivity contribution in [1.29, 1.82) is 0 Å². The zero-order chi connectivity index (χ0) is 15.7. The molecule has 2 heteroatoms. The molecule has 4 atom stereocenters. The SMILES string of the molecule is CC(C)c1c(O)ccc2c1C[C@@H]1OC[C@]3(C)CCC[C@@]2(C)[C@@H]13. The molecule has 0 spiro atoms. The van der Waals surface area contributed by atoms with Crippen molar-refractivity contribution in [3.63, 3.8) is 0 Å². The molecule has 0 unspecified atom stereocenters. The third-order valence-electron chi connectivity index (χ3n) is 6.81. The van der Waals surface area contributed by atoms with Crippen molar-refractivity contribution in [2.45, 2.75) is 70.8 Å². The molecule has 1 aromatic rings. The number of aromatic hydroxyl groups is 1. The second-order valence-corrected chi connectivity index (χ2v) is 8.64. The van der Waals surface area contributed by atoms with E-state index in [2.05, 4.69) is 33.8 Å². The van der Waals surface area contributed by atoms with Crippen LogP contribution in [0.2, 0.25) is 0 Å². The van der Waals surface area contributed by atoms with E-state index in [4.69, 9.17) is 4.74 Å². The van der Waals surface area contributed by atoms with E-state index in [1.807, 2.05) is 6.07 Å². The molecule has 2 nitrogen and oxygen atoms in total. The van der Waals surface area contributed by atoms with E-state index < -0.39 is 0 Å². The third kappa shape index (κ3) is 1.71. The Bertz CT molecular complexity index is 620. The monoisotopic (exact) mass is 300 g/mol. The van der Waals surface area contributed by atoms with E-state index in [0.29, 0.717) is 29.1 Å². The summed E-state index contributed by atoms with van der Waals surface area (Å²) in [5, 5.41) is 10.4. The number of fused-ring (bicyclic) bond motifs is 2. The number of benzene rings is 1. The number of phenols is 1. The first-order valence-corrected chi connectivity index (χ1v) is 8.84. The predicted octanol–water partition coefficient (Wildman–Crippen LogP) is 4.53. The zero-order valence-corrected chi connectivity index (χ0v) is 14.3. The van der Waals surface area contributed by atoms with Crippen LogP contribution in [0.3, 0.4) is 0 Å². The van der Waals surface area contributed by atoms with Gasteiger partial charge in [0.2, 0.25) is 0 Å². The van der Waals surface area contributed by atoms with Gasteiger partial charge in [0.15, 0.2) is 0 Å². The lowest BCUT2D eigenvalue weighted by molar-refractivity contribution is 0.0370. The Morgan fingerprint density at radius 2 is 2.00 bits per heavy atom. The fourth-order valence-electron chi connectivity index (χ4n) is 6.09. The summed E-state index contributed by atoms with van der Waals surface area (Å²) in [4.78, 5) is 0. The first-order valence-electron chi connectivity index (χ1n) is 8.84. The van der Waals surface area contributed by atoms with E-state index >= 15 is 0 Å². The average Bonchev–Trinajstić information content (AvgIpc) is 2.77. The summed E-state index contributed by atoms with van der Waals surface area (Å²) >= 11 is 0. The summed E-state index contributed by atoms with van der Waals surface area (Å²) in [6.45, 7) is 10.2. The van der Waals surface area contributed by atoms with Crippen molar-refractivity contribution in [2.24, 2.45) is 11.3 Å². The van der Waals surface area contributed by atoms with Crippen molar-refractivity contribution in [1.82, 2.24) is 0 Å². The normalized spacial score (nSPS) is 39.7. The van der Waals surface area contributed by atoms with Gasteiger partial charge < -0.3 is 9.84 Å². The summed E-state index contributed by atoms with van der Waals surface area (Å²) in [7, 11) is 0. The lowest BCUT2D eigenvalue weighted by atomic mass is 9.50. The fourth-order valence-corrected chi connectivity index (χ4v) is 6.09. The maximum absolute atomic E-state index is 10.4. The van der Waals surface area contributed by atoms with Crippen LogP contribution in [-0.2, 0) is 16.6 Å². The topological polar surface area (TPSA) is 29.5 Å². The van der Waals surface area contributed by atoms with Gasteiger partial charge in [0.05, 0.1) is 12.7 Å². The molecule has 120 valence electrons. The van der Waals surface area contributed by atoms with Gasteiger partial charge in [-0.2, -0.15) is 0 Å². The van der Waals surface area contributed by atoms with E-state index in [1.165, 1.54) is 30.4 Å². The summed E-state index contributed by atoms with van der Waals surface area (Å²) in [5.41, 5.74) is 4.57. The zero-order valence-electron chi connectivity index (χ0n) is 14.3. The smallest absolute Gasteiger partial charge is 0.119 e. The molecule has 1 saturated heterocycles. The van der Waals surface area contributed by atoms with Gasteiger partial charge in [-0.05, 0) is 58.8 Å². The summed E-state index contributed by atoms with van der Waals surface area (Å²) in [6, 6.07) is 4.14. The summed E-state index contributed by atoms with van der Waals surface area (Å²) < 4.78 is 6.29. The molecule has 0 amide bonds. The minimum Gasteiger partial charge on any atom is -0.508 e. The minimum absolute atomic E-state index is 0.207. The molecule has 3 aliphatic rings. The van der Waals surface area contributed by atoms with Crippen LogP contribution in [0.4, 0.5) is 0 Å². The highest BCUT2D eigenvalue weighted by Crippen LogP contribution is 2.61.